The number of anilines is 1. The number of nitrogens with zero attached hydrogens (tertiary/aromatic N) is 3. The number of hydrogen-bond acceptors (Lipinski definition) is 5. The lowest BCUT2D eigenvalue weighted by atomic mass is 9.98. The van der Waals surface area contributed by atoms with Crippen LogP contribution in [0.2, 0.25) is 0 Å². The Balaban J connectivity index is 1.62. The van der Waals surface area contributed by atoms with Crippen LogP contribution >= 0.6 is 0 Å². The molecular weight excluding hydrogens is 605 g/mol. The predicted octanol–water partition coefficient (Wildman–Crippen LogP) is 7.19. The second kappa shape index (κ2) is 10.8. The molecule has 45 heavy (non-hydrogen) atoms. The highest BCUT2D eigenvalue weighted by Gasteiger charge is 2.31. The fourth-order valence-electron chi connectivity index (χ4n) is 5.27. The van der Waals surface area contributed by atoms with Gasteiger partial charge >= 0.3 is 6.18 Å². The summed E-state index contributed by atoms with van der Waals surface area (Å²) < 4.78 is 74.9. The third kappa shape index (κ3) is 5.42. The van der Waals surface area contributed by atoms with Crippen LogP contribution in [0, 0.1) is 6.92 Å². The van der Waals surface area contributed by atoms with Gasteiger partial charge in [0.15, 0.2) is 0 Å². The van der Waals surface area contributed by atoms with E-state index in [1.54, 1.807) is 36.4 Å². The Labute approximate surface area is 256 Å². The van der Waals surface area contributed by atoms with Gasteiger partial charge in [0.05, 0.1) is 34.1 Å². The van der Waals surface area contributed by atoms with Crippen molar-refractivity contribution >= 4 is 43.6 Å². The number of alkyl halides is 3. The topological polar surface area (TPSA) is 97.4 Å². The minimum atomic E-state index is -4.53. The molecule has 0 unspecified atom stereocenters. The van der Waals surface area contributed by atoms with Gasteiger partial charge in [0.25, 0.3) is 5.91 Å². The van der Waals surface area contributed by atoms with Crippen LogP contribution < -0.4 is 9.62 Å². The third-order valence-corrected chi connectivity index (χ3v) is 8.91. The van der Waals surface area contributed by atoms with Gasteiger partial charge in [0, 0.05) is 42.4 Å². The molecule has 0 saturated carbocycles. The van der Waals surface area contributed by atoms with Crippen LogP contribution in [0.5, 0.6) is 0 Å². The summed E-state index contributed by atoms with van der Waals surface area (Å²) >= 11 is 0. The van der Waals surface area contributed by atoms with E-state index in [1.165, 1.54) is 31.1 Å². The first-order chi connectivity index (χ1) is 21.3. The molecule has 1 N–H and O–H groups in total. The number of benzene rings is 4. The fraction of sp³-hybridized carbons (Fsp3) is 0.152. The standard InChI is InChI=1S/C33H27F3N4O4S/c1-19-8-10-20(11-9-19)31-30(32(41)37-2)25-16-24(27(17-29(25)44-31)39(3)45(4,42)43)21-12-13-26-28(14-21)40(18-38-26)23-7-5-6-22(15-23)33(34,35)36/h5-18H,1-4H3,(H,37,41). The van der Waals surface area contributed by atoms with E-state index in [-0.39, 0.29) is 16.9 Å². The predicted molar refractivity (Wildman–Crippen MR) is 168 cm³/mol. The molecule has 2 aromatic heterocycles. The van der Waals surface area contributed by atoms with Crippen molar-refractivity contribution in [3.8, 4) is 28.1 Å². The highest BCUT2D eigenvalue weighted by atomic mass is 32.2. The molecule has 12 heteroatoms. The van der Waals surface area contributed by atoms with E-state index in [0.717, 1.165) is 28.3 Å². The van der Waals surface area contributed by atoms with E-state index in [2.05, 4.69) is 10.3 Å². The Hall–Kier alpha value is -5.10. The van der Waals surface area contributed by atoms with Crippen LogP contribution in [-0.4, -0.2) is 44.2 Å². The van der Waals surface area contributed by atoms with Crippen LogP contribution in [-0.2, 0) is 16.2 Å². The number of halogens is 3. The Morgan fingerprint density at radius 3 is 2.36 bits per heavy atom. The van der Waals surface area contributed by atoms with Crippen LogP contribution in [0.3, 0.4) is 0 Å². The Bertz CT molecular complexity index is 2220. The summed E-state index contributed by atoms with van der Waals surface area (Å²) in [6, 6.07) is 20.8. The zero-order chi connectivity index (χ0) is 32.3. The minimum absolute atomic E-state index is 0.257. The van der Waals surface area contributed by atoms with Gasteiger partial charge in [-0.05, 0) is 48.9 Å². The number of imidazole rings is 1. The highest BCUT2D eigenvalue weighted by molar-refractivity contribution is 7.92. The van der Waals surface area contributed by atoms with Crippen molar-refractivity contribution in [2.45, 2.75) is 13.1 Å². The maximum absolute atomic E-state index is 13.5. The van der Waals surface area contributed by atoms with E-state index in [1.807, 2.05) is 31.2 Å². The number of fused-ring (bicyclic) bond motifs is 2. The summed E-state index contributed by atoms with van der Waals surface area (Å²) in [7, 11) is -0.828. The zero-order valence-electron chi connectivity index (χ0n) is 24.6. The first kappa shape index (κ1) is 29.9. The molecular formula is C33H27F3N4O4S. The first-order valence-corrected chi connectivity index (χ1v) is 15.6. The molecule has 0 aliphatic rings. The van der Waals surface area contributed by atoms with Gasteiger partial charge in [0.1, 0.15) is 17.7 Å². The minimum Gasteiger partial charge on any atom is -0.455 e. The Kier molecular flexibility index (Phi) is 7.19. The summed E-state index contributed by atoms with van der Waals surface area (Å²) in [5.74, 6) is -0.0647. The summed E-state index contributed by atoms with van der Waals surface area (Å²) in [6.45, 7) is 1.94. The molecule has 8 nitrogen and oxygen atoms in total. The Morgan fingerprint density at radius 1 is 0.978 bits per heavy atom. The lowest BCUT2D eigenvalue weighted by Crippen LogP contribution is -2.25. The molecule has 0 radical (unpaired) electrons. The van der Waals surface area contributed by atoms with Crippen LogP contribution in [0.25, 0.3) is 50.1 Å². The van der Waals surface area contributed by atoms with Gasteiger partial charge in [-0.1, -0.05) is 42.0 Å². The van der Waals surface area contributed by atoms with Gasteiger partial charge in [-0.3, -0.25) is 13.7 Å². The SMILES string of the molecule is CNC(=O)c1c(-c2ccc(C)cc2)oc2cc(N(C)S(C)(=O)=O)c(-c3ccc4ncn(-c5cccc(C(F)(F)F)c5)c4c3)cc12. The van der Waals surface area contributed by atoms with Crippen LogP contribution in [0.4, 0.5) is 18.9 Å². The summed E-state index contributed by atoms with van der Waals surface area (Å²) in [5.41, 5.74) is 4.03. The molecule has 0 aliphatic carbocycles. The van der Waals surface area contributed by atoms with Crippen molar-refractivity contribution in [1.82, 2.24) is 14.9 Å². The first-order valence-electron chi connectivity index (χ1n) is 13.7. The summed E-state index contributed by atoms with van der Waals surface area (Å²) in [5, 5.41) is 3.12. The van der Waals surface area contributed by atoms with Crippen molar-refractivity contribution in [2.75, 3.05) is 24.7 Å². The third-order valence-electron chi connectivity index (χ3n) is 7.72. The molecule has 0 aliphatic heterocycles. The zero-order valence-corrected chi connectivity index (χ0v) is 25.4. The lowest BCUT2D eigenvalue weighted by molar-refractivity contribution is -0.137. The number of sulfonamides is 1. The molecule has 1 amide bonds. The van der Waals surface area contributed by atoms with Gasteiger partial charge in [0.2, 0.25) is 10.0 Å². The highest BCUT2D eigenvalue weighted by Crippen LogP contribution is 2.42. The van der Waals surface area contributed by atoms with Gasteiger partial charge in [-0.15, -0.1) is 0 Å². The molecule has 6 aromatic rings. The van der Waals surface area contributed by atoms with E-state index >= 15 is 0 Å². The van der Waals surface area contributed by atoms with Crippen molar-refractivity contribution in [3.63, 3.8) is 0 Å². The number of carbonyl (C=O) groups excluding carboxylic acids is 1. The van der Waals surface area contributed by atoms with Gasteiger partial charge in [-0.2, -0.15) is 13.2 Å². The lowest BCUT2D eigenvalue weighted by Gasteiger charge is -2.21. The monoisotopic (exact) mass is 632 g/mol. The van der Waals surface area contributed by atoms with Crippen molar-refractivity contribution in [2.24, 2.45) is 0 Å². The average Bonchev–Trinajstić information content (AvgIpc) is 3.60. The van der Waals surface area contributed by atoms with E-state index in [0.29, 0.717) is 44.5 Å². The number of carbonyl (C=O) groups is 1. The number of rotatable bonds is 6. The molecule has 0 bridgehead atoms. The molecule has 0 spiro atoms. The van der Waals surface area contributed by atoms with Gasteiger partial charge in [-0.25, -0.2) is 13.4 Å². The maximum Gasteiger partial charge on any atom is 0.416 e. The number of aryl methyl sites for hydroxylation is 1. The molecule has 6 rings (SSSR count). The summed E-state index contributed by atoms with van der Waals surface area (Å²) in [4.78, 5) is 17.6. The number of furan rings is 1. The number of nitrogens with one attached hydrogen (secondary N) is 1. The molecule has 2 heterocycles. The van der Waals surface area contributed by atoms with E-state index in [4.69, 9.17) is 4.42 Å². The number of aromatic nitrogens is 2. The molecule has 230 valence electrons. The smallest absolute Gasteiger partial charge is 0.416 e. The van der Waals surface area contributed by atoms with Crippen molar-refractivity contribution in [1.29, 1.82) is 0 Å². The summed E-state index contributed by atoms with van der Waals surface area (Å²) in [6.07, 6.45) is -2.02. The average molecular weight is 633 g/mol. The second-order valence-corrected chi connectivity index (χ2v) is 12.7. The molecule has 0 fully saturated rings. The molecule has 0 atom stereocenters. The fourth-order valence-corrected chi connectivity index (χ4v) is 5.78. The largest absolute Gasteiger partial charge is 0.455 e. The van der Waals surface area contributed by atoms with E-state index in [9.17, 15) is 26.4 Å². The number of hydrogen-bond donors (Lipinski definition) is 1. The normalized spacial score (nSPS) is 12.2. The van der Waals surface area contributed by atoms with Crippen LogP contribution in [0.1, 0.15) is 21.5 Å². The Morgan fingerprint density at radius 2 is 1.69 bits per heavy atom. The quantitative estimate of drug-likeness (QED) is 0.210. The van der Waals surface area contributed by atoms with Crippen LogP contribution in [0.15, 0.2) is 89.6 Å². The van der Waals surface area contributed by atoms with E-state index < -0.39 is 27.7 Å². The van der Waals surface area contributed by atoms with Crippen molar-refractivity contribution in [3.05, 3.63) is 102 Å². The molecule has 4 aromatic carbocycles. The maximum atomic E-state index is 13.5. The van der Waals surface area contributed by atoms with Crippen molar-refractivity contribution < 1.29 is 30.8 Å². The van der Waals surface area contributed by atoms with Gasteiger partial charge < -0.3 is 9.73 Å². The molecule has 0 saturated heterocycles. The second-order valence-electron chi connectivity index (χ2n) is 10.7. The number of amides is 1.